The Labute approximate surface area is 128 Å². The molecular weight excluding hydrogens is 286 g/mol. The van der Waals surface area contributed by atoms with Gasteiger partial charge in [0, 0.05) is 26.0 Å². The molecule has 0 radical (unpaired) electrons. The lowest BCUT2D eigenvalue weighted by Crippen LogP contribution is -2.45. The summed E-state index contributed by atoms with van der Waals surface area (Å²) in [7, 11) is 1.82. The molecule has 3 heterocycles. The van der Waals surface area contributed by atoms with Crippen molar-refractivity contribution in [2.24, 2.45) is 7.05 Å². The first-order valence-corrected chi connectivity index (χ1v) is 7.22. The average molecular weight is 305 g/mol. The SMILES string of the molecule is CCn1ccnc1C(=O)N[C@H]1COC[C@H]1Oc1cnn(C)c1. The van der Waals surface area contributed by atoms with Crippen LogP contribution in [-0.2, 0) is 18.3 Å². The summed E-state index contributed by atoms with van der Waals surface area (Å²) in [5.74, 6) is 0.837. The molecule has 0 unspecified atom stereocenters. The van der Waals surface area contributed by atoms with Gasteiger partial charge in [-0.05, 0) is 6.92 Å². The minimum absolute atomic E-state index is 0.213. The number of imidazole rings is 1. The summed E-state index contributed by atoms with van der Waals surface area (Å²) in [6, 6.07) is -0.213. The molecule has 1 saturated heterocycles. The predicted molar refractivity (Wildman–Crippen MR) is 77.6 cm³/mol. The molecule has 0 spiro atoms. The number of rotatable bonds is 5. The minimum atomic E-state index is -0.238. The lowest BCUT2D eigenvalue weighted by molar-refractivity contribution is 0.0889. The first kappa shape index (κ1) is 14.6. The summed E-state index contributed by atoms with van der Waals surface area (Å²) in [5.41, 5.74) is 0. The summed E-state index contributed by atoms with van der Waals surface area (Å²) >= 11 is 0. The molecule has 0 aliphatic carbocycles. The molecule has 8 heteroatoms. The second-order valence-electron chi connectivity index (χ2n) is 5.16. The number of ether oxygens (including phenoxy) is 2. The smallest absolute Gasteiger partial charge is 0.287 e. The van der Waals surface area contributed by atoms with E-state index in [0.29, 0.717) is 31.3 Å². The fourth-order valence-corrected chi connectivity index (χ4v) is 2.43. The number of amides is 1. The second kappa shape index (κ2) is 6.18. The van der Waals surface area contributed by atoms with Crippen molar-refractivity contribution in [3.63, 3.8) is 0 Å². The van der Waals surface area contributed by atoms with E-state index in [1.165, 1.54) is 0 Å². The van der Waals surface area contributed by atoms with Crippen LogP contribution in [0.4, 0.5) is 0 Å². The summed E-state index contributed by atoms with van der Waals surface area (Å²) in [4.78, 5) is 16.4. The first-order valence-electron chi connectivity index (χ1n) is 7.22. The number of nitrogens with one attached hydrogen (secondary N) is 1. The van der Waals surface area contributed by atoms with Crippen molar-refractivity contribution in [1.82, 2.24) is 24.6 Å². The van der Waals surface area contributed by atoms with E-state index in [2.05, 4.69) is 15.4 Å². The van der Waals surface area contributed by atoms with Crippen LogP contribution in [0.3, 0.4) is 0 Å². The fourth-order valence-electron chi connectivity index (χ4n) is 2.43. The Balaban J connectivity index is 1.64. The largest absolute Gasteiger partial charge is 0.482 e. The second-order valence-corrected chi connectivity index (χ2v) is 5.16. The summed E-state index contributed by atoms with van der Waals surface area (Å²) in [5, 5.41) is 6.99. The van der Waals surface area contributed by atoms with Gasteiger partial charge in [-0.25, -0.2) is 4.98 Å². The van der Waals surface area contributed by atoms with Crippen LogP contribution in [0.1, 0.15) is 17.5 Å². The number of aryl methyl sites for hydroxylation is 2. The third-order valence-electron chi connectivity index (χ3n) is 3.57. The van der Waals surface area contributed by atoms with E-state index < -0.39 is 0 Å². The highest BCUT2D eigenvalue weighted by Gasteiger charge is 2.32. The highest BCUT2D eigenvalue weighted by molar-refractivity contribution is 5.91. The molecule has 2 aromatic rings. The Morgan fingerprint density at radius 2 is 2.41 bits per heavy atom. The van der Waals surface area contributed by atoms with Crippen molar-refractivity contribution >= 4 is 5.91 Å². The van der Waals surface area contributed by atoms with Crippen molar-refractivity contribution in [2.75, 3.05) is 13.2 Å². The Hall–Kier alpha value is -2.35. The van der Waals surface area contributed by atoms with Gasteiger partial charge >= 0.3 is 0 Å². The Bertz CT molecular complexity index is 650. The van der Waals surface area contributed by atoms with Gasteiger partial charge in [0.1, 0.15) is 6.10 Å². The Kier molecular flexibility index (Phi) is 4.10. The van der Waals surface area contributed by atoms with Gasteiger partial charge < -0.3 is 19.4 Å². The van der Waals surface area contributed by atoms with Crippen molar-refractivity contribution in [3.05, 3.63) is 30.6 Å². The van der Waals surface area contributed by atoms with Crippen molar-refractivity contribution < 1.29 is 14.3 Å². The molecule has 1 aliphatic heterocycles. The van der Waals surface area contributed by atoms with E-state index in [-0.39, 0.29) is 18.1 Å². The molecule has 0 bridgehead atoms. The van der Waals surface area contributed by atoms with E-state index >= 15 is 0 Å². The van der Waals surface area contributed by atoms with Crippen molar-refractivity contribution in [3.8, 4) is 5.75 Å². The van der Waals surface area contributed by atoms with Gasteiger partial charge in [-0.3, -0.25) is 9.48 Å². The maximum absolute atomic E-state index is 12.3. The Morgan fingerprint density at radius 1 is 1.55 bits per heavy atom. The lowest BCUT2D eigenvalue weighted by Gasteiger charge is -2.19. The first-order chi connectivity index (χ1) is 10.7. The van der Waals surface area contributed by atoms with E-state index in [1.807, 2.05) is 14.0 Å². The normalized spacial score (nSPS) is 21.0. The van der Waals surface area contributed by atoms with Gasteiger partial charge in [0.25, 0.3) is 5.91 Å². The molecule has 2 aromatic heterocycles. The monoisotopic (exact) mass is 305 g/mol. The average Bonchev–Trinajstić information content (AvgIpc) is 3.21. The standard InChI is InChI=1S/C14H19N5O3/c1-3-19-5-4-15-13(19)14(20)17-11-8-21-9-12(11)22-10-6-16-18(2)7-10/h4-7,11-12H,3,8-9H2,1-2H3,(H,17,20)/t11-,12+/m0/s1. The molecule has 3 rings (SSSR count). The lowest BCUT2D eigenvalue weighted by atomic mass is 10.2. The maximum Gasteiger partial charge on any atom is 0.287 e. The zero-order chi connectivity index (χ0) is 15.5. The van der Waals surface area contributed by atoms with Crippen molar-refractivity contribution in [1.29, 1.82) is 0 Å². The van der Waals surface area contributed by atoms with Gasteiger partial charge in [-0.1, -0.05) is 0 Å². The molecule has 2 atom stereocenters. The molecule has 1 amide bonds. The van der Waals surface area contributed by atoms with Crippen LogP contribution in [0.25, 0.3) is 0 Å². The Morgan fingerprint density at radius 3 is 3.14 bits per heavy atom. The van der Waals surface area contributed by atoms with E-state index in [1.54, 1.807) is 34.0 Å². The van der Waals surface area contributed by atoms with Gasteiger partial charge in [0.05, 0.1) is 31.6 Å². The topological polar surface area (TPSA) is 83.2 Å². The summed E-state index contributed by atoms with van der Waals surface area (Å²) in [6.07, 6.45) is 6.58. The number of hydrogen-bond donors (Lipinski definition) is 1. The van der Waals surface area contributed by atoms with E-state index in [4.69, 9.17) is 9.47 Å². The highest BCUT2D eigenvalue weighted by atomic mass is 16.5. The number of carbonyl (C=O) groups is 1. The molecular formula is C14H19N5O3. The van der Waals surface area contributed by atoms with Gasteiger partial charge in [-0.2, -0.15) is 5.10 Å². The van der Waals surface area contributed by atoms with Crippen LogP contribution in [0, 0.1) is 0 Å². The summed E-state index contributed by atoms with van der Waals surface area (Å²) in [6.45, 7) is 3.51. The molecule has 0 saturated carbocycles. The van der Waals surface area contributed by atoms with Crippen LogP contribution in [0.2, 0.25) is 0 Å². The third-order valence-corrected chi connectivity index (χ3v) is 3.57. The van der Waals surface area contributed by atoms with Gasteiger partial charge in [-0.15, -0.1) is 0 Å². The van der Waals surface area contributed by atoms with Crippen LogP contribution in [-0.4, -0.2) is 50.6 Å². The van der Waals surface area contributed by atoms with Gasteiger partial charge in [0.15, 0.2) is 11.6 Å². The van der Waals surface area contributed by atoms with E-state index in [0.717, 1.165) is 0 Å². The molecule has 1 N–H and O–H groups in total. The predicted octanol–water partition coefficient (Wildman–Crippen LogP) is 0.213. The highest BCUT2D eigenvalue weighted by Crippen LogP contribution is 2.16. The zero-order valence-electron chi connectivity index (χ0n) is 12.6. The minimum Gasteiger partial charge on any atom is -0.482 e. The molecule has 8 nitrogen and oxygen atoms in total. The molecule has 1 aliphatic rings. The number of nitrogens with zero attached hydrogens (tertiary/aromatic N) is 4. The molecule has 0 aromatic carbocycles. The number of hydrogen-bond acceptors (Lipinski definition) is 5. The number of aromatic nitrogens is 4. The van der Waals surface area contributed by atoms with Gasteiger partial charge in [0.2, 0.25) is 0 Å². The zero-order valence-corrected chi connectivity index (χ0v) is 12.6. The molecule has 1 fully saturated rings. The molecule has 22 heavy (non-hydrogen) atoms. The number of carbonyl (C=O) groups excluding carboxylic acids is 1. The van der Waals surface area contributed by atoms with E-state index in [9.17, 15) is 4.79 Å². The quantitative estimate of drug-likeness (QED) is 0.854. The van der Waals surface area contributed by atoms with Crippen LogP contribution in [0.5, 0.6) is 5.75 Å². The van der Waals surface area contributed by atoms with Crippen LogP contribution < -0.4 is 10.1 Å². The third kappa shape index (κ3) is 2.96. The van der Waals surface area contributed by atoms with Crippen LogP contribution in [0.15, 0.2) is 24.8 Å². The van der Waals surface area contributed by atoms with Crippen LogP contribution >= 0.6 is 0 Å². The summed E-state index contributed by atoms with van der Waals surface area (Å²) < 4.78 is 14.7. The molecule has 118 valence electrons. The van der Waals surface area contributed by atoms with Crippen molar-refractivity contribution in [2.45, 2.75) is 25.6 Å². The fraction of sp³-hybridized carbons (Fsp3) is 0.500. The maximum atomic E-state index is 12.3.